The van der Waals surface area contributed by atoms with Crippen LogP contribution in [0.5, 0.6) is 17.2 Å². The molecule has 0 heterocycles. The Balaban J connectivity index is 1.69. The summed E-state index contributed by atoms with van der Waals surface area (Å²) in [5, 5.41) is 11.1. The first kappa shape index (κ1) is 23.5. The Morgan fingerprint density at radius 1 is 0.967 bits per heavy atom. The monoisotopic (exact) mass is 435 g/mol. The summed E-state index contributed by atoms with van der Waals surface area (Å²) in [5.41, 5.74) is -0.311. The maximum absolute atomic E-state index is 11.1. The number of hydrogen-bond acceptors (Lipinski definition) is 7. The van der Waals surface area contributed by atoms with Crippen LogP contribution >= 0.6 is 0 Å². The fraction of sp³-hybridized carbons (Fsp3) is 0.409. The molecule has 0 saturated carbocycles. The number of carboxylic acids is 1. The average Bonchev–Trinajstić information content (AvgIpc) is 2.64. The van der Waals surface area contributed by atoms with Crippen molar-refractivity contribution in [3.8, 4) is 17.2 Å². The predicted molar refractivity (Wildman–Crippen MR) is 111 cm³/mol. The topological polar surface area (TPSA) is 102 Å². The van der Waals surface area contributed by atoms with Gasteiger partial charge in [0.05, 0.1) is 18.8 Å². The third kappa shape index (κ3) is 8.32. The number of benzene rings is 2. The lowest BCUT2D eigenvalue weighted by Crippen LogP contribution is -2.47. The van der Waals surface area contributed by atoms with Crippen LogP contribution in [-0.4, -0.2) is 32.9 Å². The first-order chi connectivity index (χ1) is 14.0. The molecule has 0 atom stereocenters. The Kier molecular flexibility index (Phi) is 8.11. The first-order valence-corrected chi connectivity index (χ1v) is 11.5. The maximum Gasteiger partial charge on any atom is 0.306 e. The summed E-state index contributed by atoms with van der Waals surface area (Å²) in [6.07, 6.45) is 4.63. The van der Waals surface area contributed by atoms with Crippen molar-refractivity contribution in [1.82, 2.24) is 0 Å². The van der Waals surface area contributed by atoms with Gasteiger partial charge in [-0.15, -0.1) is 0 Å². The van der Waals surface area contributed by atoms with Gasteiger partial charge in [0, 0.05) is 0 Å². The van der Waals surface area contributed by atoms with E-state index >= 15 is 0 Å². The van der Waals surface area contributed by atoms with E-state index in [1.54, 1.807) is 30.3 Å². The lowest BCUT2D eigenvalue weighted by atomic mass is 10.1. The van der Waals surface area contributed by atoms with E-state index < -0.39 is 21.7 Å². The number of hydrogen-bond donors (Lipinski definition) is 0. The molecule has 0 fully saturated rings. The fourth-order valence-corrected chi connectivity index (χ4v) is 3.13. The van der Waals surface area contributed by atoms with Crippen molar-refractivity contribution in [2.24, 2.45) is 0 Å². The Bertz CT molecular complexity index is 934. The number of carbonyl (C=O) groups excluding carboxylic acids is 1. The maximum atomic E-state index is 11.1. The van der Waals surface area contributed by atoms with Gasteiger partial charge in [-0.05, 0) is 81.5 Å². The van der Waals surface area contributed by atoms with Crippen LogP contribution in [0.15, 0.2) is 48.5 Å². The molecule has 164 valence electrons. The Labute approximate surface area is 177 Å². The van der Waals surface area contributed by atoms with Gasteiger partial charge in [-0.2, -0.15) is 8.42 Å². The smallest absolute Gasteiger partial charge is 0.306 e. The standard InChI is InChI=1S/C22H28O7S/c1-22(2,21(23)24)28-20-10-7-9-17(16-20)8-5-4-6-15-27-18-11-13-19(14-12-18)29-30(3,25)26/h7,9-14,16H,4-6,8,15H2,1-3H3,(H,23,24)/p-1. The van der Waals surface area contributed by atoms with E-state index in [0.717, 1.165) is 37.5 Å². The molecule has 2 aromatic rings. The summed E-state index contributed by atoms with van der Waals surface area (Å²) in [5.74, 6) is 0.147. The van der Waals surface area contributed by atoms with Crippen LogP contribution in [0.3, 0.4) is 0 Å². The summed E-state index contributed by atoms with van der Waals surface area (Å²) < 4.78 is 38.1. The van der Waals surface area contributed by atoms with Gasteiger partial charge in [0.15, 0.2) is 0 Å². The normalized spacial score (nSPS) is 11.7. The summed E-state index contributed by atoms with van der Waals surface area (Å²) >= 11 is 0. The van der Waals surface area contributed by atoms with Crippen molar-refractivity contribution < 1.29 is 32.0 Å². The summed E-state index contributed by atoms with van der Waals surface area (Å²) in [4.78, 5) is 11.1. The first-order valence-electron chi connectivity index (χ1n) is 9.67. The second kappa shape index (κ2) is 10.3. The molecule has 0 aromatic heterocycles. The molecule has 8 heteroatoms. The molecule has 0 unspecified atom stereocenters. The number of ether oxygens (including phenoxy) is 2. The van der Waals surface area contributed by atoms with Crippen LogP contribution in [0, 0.1) is 0 Å². The summed E-state index contributed by atoms with van der Waals surface area (Å²) in [6, 6.07) is 13.8. The molecule has 7 nitrogen and oxygen atoms in total. The number of carboxylic acid groups (broad SMARTS) is 1. The van der Waals surface area contributed by atoms with Crippen molar-refractivity contribution in [2.75, 3.05) is 12.9 Å². The zero-order valence-corrected chi connectivity index (χ0v) is 18.2. The van der Waals surface area contributed by atoms with E-state index in [2.05, 4.69) is 0 Å². The lowest BCUT2D eigenvalue weighted by molar-refractivity contribution is -0.320. The Hall–Kier alpha value is -2.74. The van der Waals surface area contributed by atoms with E-state index in [4.69, 9.17) is 13.7 Å². The van der Waals surface area contributed by atoms with Gasteiger partial charge in [0.2, 0.25) is 0 Å². The number of unbranched alkanes of at least 4 members (excludes halogenated alkanes) is 2. The van der Waals surface area contributed by atoms with E-state index in [9.17, 15) is 18.3 Å². The highest BCUT2D eigenvalue weighted by molar-refractivity contribution is 7.86. The van der Waals surface area contributed by atoms with Crippen LogP contribution < -0.4 is 18.8 Å². The minimum atomic E-state index is -3.53. The summed E-state index contributed by atoms with van der Waals surface area (Å²) in [7, 11) is -3.53. The third-order valence-corrected chi connectivity index (χ3v) is 4.71. The highest BCUT2D eigenvalue weighted by atomic mass is 32.2. The zero-order chi connectivity index (χ0) is 22.2. The quantitative estimate of drug-likeness (QED) is 0.373. The van der Waals surface area contributed by atoms with Crippen molar-refractivity contribution in [2.45, 2.75) is 45.1 Å². The molecule has 2 rings (SSSR count). The van der Waals surface area contributed by atoms with Crippen LogP contribution in [0.1, 0.15) is 38.7 Å². The molecule has 30 heavy (non-hydrogen) atoms. The molecule has 0 saturated heterocycles. The van der Waals surface area contributed by atoms with E-state index in [0.29, 0.717) is 18.1 Å². The SMILES string of the molecule is CC(C)(Oc1cccc(CCCCCOc2ccc(OS(C)(=O)=O)cc2)c1)C(=O)[O-]. The number of carbonyl (C=O) groups is 1. The zero-order valence-electron chi connectivity index (χ0n) is 17.4. The molecule has 0 amide bonds. The molecule has 0 bridgehead atoms. The molecule has 0 aliphatic rings. The van der Waals surface area contributed by atoms with Gasteiger partial charge in [0.25, 0.3) is 0 Å². The minimum Gasteiger partial charge on any atom is -0.546 e. The minimum absolute atomic E-state index is 0.249. The average molecular weight is 436 g/mol. The lowest BCUT2D eigenvalue weighted by Gasteiger charge is -2.27. The molecule has 0 aliphatic carbocycles. The molecular weight excluding hydrogens is 408 g/mol. The number of aryl methyl sites for hydroxylation is 1. The highest BCUT2D eigenvalue weighted by Crippen LogP contribution is 2.21. The predicted octanol–water partition coefficient (Wildman–Crippen LogP) is 2.72. The highest BCUT2D eigenvalue weighted by Gasteiger charge is 2.21. The molecule has 0 spiro atoms. The Morgan fingerprint density at radius 3 is 2.27 bits per heavy atom. The number of aliphatic carboxylic acids is 1. The van der Waals surface area contributed by atoms with Gasteiger partial charge < -0.3 is 23.6 Å². The van der Waals surface area contributed by atoms with Crippen LogP contribution in [0.25, 0.3) is 0 Å². The summed E-state index contributed by atoms with van der Waals surface area (Å²) in [6.45, 7) is 3.47. The van der Waals surface area contributed by atoms with E-state index in [-0.39, 0.29) is 5.75 Å². The molecule has 2 aromatic carbocycles. The largest absolute Gasteiger partial charge is 0.546 e. The van der Waals surface area contributed by atoms with Gasteiger partial charge in [-0.3, -0.25) is 0 Å². The fourth-order valence-electron chi connectivity index (χ4n) is 2.66. The molecular formula is C22H27O7S-. The van der Waals surface area contributed by atoms with Crippen LogP contribution in [-0.2, 0) is 21.3 Å². The van der Waals surface area contributed by atoms with Gasteiger partial charge in [0.1, 0.15) is 22.8 Å². The van der Waals surface area contributed by atoms with Gasteiger partial charge in [-0.1, -0.05) is 12.1 Å². The van der Waals surface area contributed by atoms with Gasteiger partial charge >= 0.3 is 10.1 Å². The second-order valence-electron chi connectivity index (χ2n) is 7.47. The van der Waals surface area contributed by atoms with Crippen molar-refractivity contribution in [3.63, 3.8) is 0 Å². The third-order valence-electron chi connectivity index (χ3n) is 4.21. The molecule has 0 radical (unpaired) electrons. The van der Waals surface area contributed by atoms with Crippen LogP contribution in [0.2, 0.25) is 0 Å². The van der Waals surface area contributed by atoms with E-state index in [1.165, 1.54) is 13.8 Å². The molecule has 0 N–H and O–H groups in total. The second-order valence-corrected chi connectivity index (χ2v) is 9.04. The number of rotatable bonds is 12. The Morgan fingerprint density at radius 2 is 1.63 bits per heavy atom. The van der Waals surface area contributed by atoms with Crippen molar-refractivity contribution in [3.05, 3.63) is 54.1 Å². The molecule has 0 aliphatic heterocycles. The van der Waals surface area contributed by atoms with Gasteiger partial charge in [-0.25, -0.2) is 0 Å². The van der Waals surface area contributed by atoms with E-state index in [1.807, 2.05) is 18.2 Å². The van der Waals surface area contributed by atoms with Crippen molar-refractivity contribution >= 4 is 16.1 Å². The van der Waals surface area contributed by atoms with Crippen molar-refractivity contribution in [1.29, 1.82) is 0 Å². The van der Waals surface area contributed by atoms with Crippen LogP contribution in [0.4, 0.5) is 0 Å².